The minimum atomic E-state index is -3.85. The van der Waals surface area contributed by atoms with Gasteiger partial charge in [-0.15, -0.1) is 0 Å². The van der Waals surface area contributed by atoms with Crippen molar-refractivity contribution in [3.8, 4) is 5.75 Å². The first-order valence-electron chi connectivity index (χ1n) is 5.76. The number of aromatic hydroxyl groups is 1. The van der Waals surface area contributed by atoms with E-state index in [1.165, 1.54) is 0 Å². The van der Waals surface area contributed by atoms with Crippen molar-refractivity contribution >= 4 is 39.5 Å². The average Bonchev–Trinajstić information content (AvgIpc) is 2.34. The number of benzene rings is 1. The number of phenols is 1. The molecule has 1 saturated heterocycles. The van der Waals surface area contributed by atoms with Crippen LogP contribution in [0.15, 0.2) is 21.1 Å². The maximum absolute atomic E-state index is 12.1. The van der Waals surface area contributed by atoms with Gasteiger partial charge < -0.3 is 14.5 Å². The third-order valence-electron chi connectivity index (χ3n) is 3.03. The molecule has 0 aromatic heterocycles. The van der Waals surface area contributed by atoms with Crippen LogP contribution in [0.3, 0.4) is 0 Å². The van der Waals surface area contributed by atoms with Gasteiger partial charge in [0.15, 0.2) is 0 Å². The quantitative estimate of drug-likeness (QED) is 0.645. The summed E-state index contributed by atoms with van der Waals surface area (Å²) in [4.78, 5) is 9.94. The van der Waals surface area contributed by atoms with E-state index < -0.39 is 13.4 Å². The molecule has 0 bridgehead atoms. The lowest BCUT2D eigenvalue weighted by Crippen LogP contribution is -2.40. The zero-order chi connectivity index (χ0) is 14.2. The number of nitrogens with one attached hydrogen (secondary N) is 1. The molecule has 8 heteroatoms. The summed E-state index contributed by atoms with van der Waals surface area (Å²) in [5, 5.41) is 13.1. The van der Waals surface area contributed by atoms with Gasteiger partial charge in [-0.2, -0.15) is 0 Å². The Labute approximate surface area is 128 Å². The van der Waals surface area contributed by atoms with Crippen LogP contribution in [0.5, 0.6) is 5.75 Å². The maximum Gasteiger partial charge on any atom is 0.349 e. The Hall–Kier alpha value is 0.0900. The van der Waals surface area contributed by atoms with E-state index in [0.29, 0.717) is 14.5 Å². The highest BCUT2D eigenvalue weighted by Gasteiger charge is 2.41. The SMILES string of the molecule is CC[C@@H]1COP(=O)(O)[C@H](c2cc(Br)cc(Br)c2O)N1. The van der Waals surface area contributed by atoms with E-state index in [4.69, 9.17) is 4.52 Å². The molecule has 0 spiro atoms. The molecule has 0 saturated carbocycles. The Bertz CT molecular complexity index is 540. The van der Waals surface area contributed by atoms with E-state index in [2.05, 4.69) is 37.2 Å². The lowest BCUT2D eigenvalue weighted by molar-refractivity contribution is 0.177. The van der Waals surface area contributed by atoms with E-state index in [9.17, 15) is 14.6 Å². The highest BCUT2D eigenvalue weighted by Crippen LogP contribution is 2.59. The Kier molecular flexibility index (Phi) is 4.75. The highest BCUT2D eigenvalue weighted by molar-refractivity contribution is 9.11. The Morgan fingerprint density at radius 3 is 2.84 bits per heavy atom. The second-order valence-electron chi connectivity index (χ2n) is 4.36. The Morgan fingerprint density at radius 1 is 1.53 bits per heavy atom. The second kappa shape index (κ2) is 5.84. The van der Waals surface area contributed by atoms with E-state index in [-0.39, 0.29) is 18.4 Å². The fraction of sp³-hybridized carbons (Fsp3) is 0.455. The number of rotatable bonds is 2. The normalized spacial score (nSPS) is 31.4. The van der Waals surface area contributed by atoms with Crippen LogP contribution < -0.4 is 5.32 Å². The van der Waals surface area contributed by atoms with Gasteiger partial charge in [-0.3, -0.25) is 9.88 Å². The lowest BCUT2D eigenvalue weighted by atomic mass is 10.1. The molecule has 0 amide bonds. The molecule has 2 rings (SSSR count). The van der Waals surface area contributed by atoms with E-state index in [1.807, 2.05) is 6.92 Å². The van der Waals surface area contributed by atoms with E-state index >= 15 is 0 Å². The number of phenolic OH excluding ortho intramolecular Hbond substituents is 1. The molecule has 19 heavy (non-hydrogen) atoms. The van der Waals surface area contributed by atoms with Crippen molar-refractivity contribution in [2.45, 2.75) is 25.2 Å². The zero-order valence-electron chi connectivity index (χ0n) is 10.1. The van der Waals surface area contributed by atoms with Crippen LogP contribution in [0.4, 0.5) is 0 Å². The van der Waals surface area contributed by atoms with Crippen molar-refractivity contribution in [2.24, 2.45) is 0 Å². The van der Waals surface area contributed by atoms with Crippen molar-refractivity contribution in [2.75, 3.05) is 6.61 Å². The van der Waals surface area contributed by atoms with Gasteiger partial charge in [-0.1, -0.05) is 22.9 Å². The van der Waals surface area contributed by atoms with Crippen molar-refractivity contribution in [3.05, 3.63) is 26.6 Å². The standard InChI is InChI=1S/C11H14Br2NO4P/c1-2-7-5-18-19(16,17)11(14-7)8-3-6(12)4-9(13)10(8)15/h3-4,7,11,14-15H,2,5H2,1H3,(H,16,17)/t7-,11-/m1/s1. The largest absolute Gasteiger partial charge is 0.506 e. The smallest absolute Gasteiger partial charge is 0.349 e. The predicted octanol–water partition coefficient (Wildman–Crippen LogP) is 3.50. The van der Waals surface area contributed by atoms with Crippen LogP contribution in [-0.2, 0) is 9.09 Å². The van der Waals surface area contributed by atoms with Crippen LogP contribution in [0.2, 0.25) is 0 Å². The van der Waals surface area contributed by atoms with Crippen molar-refractivity contribution in [3.63, 3.8) is 0 Å². The average molecular weight is 415 g/mol. The highest BCUT2D eigenvalue weighted by atomic mass is 79.9. The maximum atomic E-state index is 12.1. The molecule has 1 aromatic rings. The topological polar surface area (TPSA) is 78.8 Å². The molecular formula is C11H14Br2NO4P. The number of halogens is 2. The molecule has 1 unspecified atom stereocenters. The van der Waals surface area contributed by atoms with E-state index in [0.717, 1.165) is 6.42 Å². The van der Waals surface area contributed by atoms with Crippen molar-refractivity contribution in [1.29, 1.82) is 0 Å². The summed E-state index contributed by atoms with van der Waals surface area (Å²) >= 11 is 6.52. The van der Waals surface area contributed by atoms with E-state index in [1.54, 1.807) is 12.1 Å². The first-order valence-corrected chi connectivity index (χ1v) is 8.99. The van der Waals surface area contributed by atoms with Crippen LogP contribution in [0, 0.1) is 0 Å². The first-order chi connectivity index (χ1) is 8.85. The molecule has 5 nitrogen and oxygen atoms in total. The molecule has 0 aliphatic carbocycles. The minimum Gasteiger partial charge on any atom is -0.506 e. The van der Waals surface area contributed by atoms with Gasteiger partial charge in [0.2, 0.25) is 0 Å². The van der Waals surface area contributed by atoms with Crippen LogP contribution in [0.25, 0.3) is 0 Å². The van der Waals surface area contributed by atoms with Crippen molar-refractivity contribution in [1.82, 2.24) is 5.32 Å². The van der Waals surface area contributed by atoms with Gasteiger partial charge in [0.05, 0.1) is 11.1 Å². The van der Waals surface area contributed by atoms with Crippen LogP contribution >= 0.6 is 39.5 Å². The van der Waals surface area contributed by atoms with Gasteiger partial charge in [0, 0.05) is 16.1 Å². The Morgan fingerprint density at radius 2 is 2.21 bits per heavy atom. The molecule has 3 atom stereocenters. The van der Waals surface area contributed by atoms with Gasteiger partial charge >= 0.3 is 7.60 Å². The first kappa shape index (κ1) is 15.5. The number of hydrogen-bond donors (Lipinski definition) is 3. The van der Waals surface area contributed by atoms with Gasteiger partial charge in [-0.05, 0) is 34.5 Å². The molecule has 1 aromatic carbocycles. The summed E-state index contributed by atoms with van der Waals surface area (Å²) in [6.07, 6.45) is 0.770. The van der Waals surface area contributed by atoms with Gasteiger partial charge in [0.25, 0.3) is 0 Å². The fourth-order valence-corrected chi connectivity index (χ4v) is 4.68. The molecule has 3 N–H and O–H groups in total. The molecular weight excluding hydrogens is 401 g/mol. The Balaban J connectivity index is 2.46. The summed E-state index contributed by atoms with van der Waals surface area (Å²) in [6, 6.07) is 3.26. The van der Waals surface area contributed by atoms with Gasteiger partial charge in [-0.25, -0.2) is 0 Å². The molecule has 1 heterocycles. The lowest BCUT2D eigenvalue weighted by Gasteiger charge is -2.34. The van der Waals surface area contributed by atoms with Crippen LogP contribution in [0.1, 0.15) is 24.7 Å². The molecule has 1 aliphatic rings. The summed E-state index contributed by atoms with van der Waals surface area (Å²) in [6.45, 7) is 2.15. The minimum absolute atomic E-state index is 0.0172. The predicted molar refractivity (Wildman–Crippen MR) is 79.2 cm³/mol. The van der Waals surface area contributed by atoms with Gasteiger partial charge in [0.1, 0.15) is 11.5 Å². The fourth-order valence-electron chi connectivity index (χ4n) is 1.93. The molecule has 0 radical (unpaired) electrons. The summed E-state index contributed by atoms with van der Waals surface area (Å²) < 4.78 is 18.4. The number of hydrogen-bond acceptors (Lipinski definition) is 4. The third-order valence-corrected chi connectivity index (χ3v) is 5.69. The summed E-state index contributed by atoms with van der Waals surface area (Å²) in [5.74, 6) is -0.990. The zero-order valence-corrected chi connectivity index (χ0v) is 14.2. The molecule has 1 fully saturated rings. The van der Waals surface area contributed by atoms with Crippen LogP contribution in [-0.4, -0.2) is 22.6 Å². The second-order valence-corrected chi connectivity index (χ2v) is 8.03. The molecule has 1 aliphatic heterocycles. The monoisotopic (exact) mass is 413 g/mol. The summed E-state index contributed by atoms with van der Waals surface area (Å²) in [7, 11) is -3.85. The summed E-state index contributed by atoms with van der Waals surface area (Å²) in [5.41, 5.74) is 0.338. The third kappa shape index (κ3) is 3.23. The van der Waals surface area contributed by atoms with Crippen molar-refractivity contribution < 1.29 is 19.1 Å². The molecule has 106 valence electrons.